The summed E-state index contributed by atoms with van der Waals surface area (Å²) in [5, 5.41) is 0. The van der Waals surface area contributed by atoms with Crippen LogP contribution in [0.1, 0.15) is 18.4 Å². The zero-order valence-corrected chi connectivity index (χ0v) is 11.9. The van der Waals surface area contributed by atoms with Crippen LogP contribution in [-0.4, -0.2) is 30.1 Å². The molecule has 0 spiro atoms. The third-order valence-corrected chi connectivity index (χ3v) is 3.90. The SMILES string of the molecule is COc1ccc(CN2CCCC(C(N)=S)C2)c(F)c1. The number of rotatable bonds is 4. The molecule has 1 fully saturated rings. The van der Waals surface area contributed by atoms with E-state index in [1.807, 2.05) is 0 Å². The molecule has 2 rings (SSSR count). The van der Waals surface area contributed by atoms with E-state index < -0.39 is 0 Å². The zero-order valence-electron chi connectivity index (χ0n) is 11.1. The third-order valence-electron chi connectivity index (χ3n) is 3.56. The average molecular weight is 282 g/mol. The Hall–Kier alpha value is -1.20. The van der Waals surface area contributed by atoms with Gasteiger partial charge in [-0.05, 0) is 25.5 Å². The van der Waals surface area contributed by atoms with Gasteiger partial charge in [0, 0.05) is 30.6 Å². The predicted molar refractivity (Wildman–Crippen MR) is 77.7 cm³/mol. The normalized spacial score (nSPS) is 20.2. The van der Waals surface area contributed by atoms with E-state index in [9.17, 15) is 4.39 Å². The van der Waals surface area contributed by atoms with Gasteiger partial charge in [0.15, 0.2) is 0 Å². The van der Waals surface area contributed by atoms with Gasteiger partial charge in [0.25, 0.3) is 0 Å². The summed E-state index contributed by atoms with van der Waals surface area (Å²) in [5.74, 6) is 0.572. The van der Waals surface area contributed by atoms with Crippen molar-refractivity contribution in [3.8, 4) is 5.75 Å². The second-order valence-corrected chi connectivity index (χ2v) is 5.41. The van der Waals surface area contributed by atoms with Crippen molar-refractivity contribution in [1.82, 2.24) is 4.90 Å². The van der Waals surface area contributed by atoms with E-state index in [-0.39, 0.29) is 11.7 Å². The van der Waals surface area contributed by atoms with Gasteiger partial charge in [-0.25, -0.2) is 4.39 Å². The van der Waals surface area contributed by atoms with E-state index in [2.05, 4.69) is 4.90 Å². The molecule has 0 saturated carbocycles. The second kappa shape index (κ2) is 6.30. The minimum atomic E-state index is -0.225. The van der Waals surface area contributed by atoms with Crippen LogP contribution in [0.2, 0.25) is 0 Å². The predicted octanol–water partition coefficient (Wildman–Crippen LogP) is 2.33. The summed E-state index contributed by atoms with van der Waals surface area (Å²) in [4.78, 5) is 2.78. The summed E-state index contributed by atoms with van der Waals surface area (Å²) in [6.07, 6.45) is 2.09. The Bertz CT molecular complexity index is 467. The quantitative estimate of drug-likeness (QED) is 0.860. The molecule has 1 aliphatic rings. The molecule has 5 heteroatoms. The first-order valence-electron chi connectivity index (χ1n) is 6.44. The van der Waals surface area contributed by atoms with E-state index in [4.69, 9.17) is 22.7 Å². The molecule has 1 aliphatic heterocycles. The van der Waals surface area contributed by atoms with Crippen LogP contribution in [-0.2, 0) is 6.54 Å². The van der Waals surface area contributed by atoms with Gasteiger partial charge >= 0.3 is 0 Å². The molecular weight excluding hydrogens is 263 g/mol. The first-order chi connectivity index (χ1) is 9.10. The Morgan fingerprint density at radius 2 is 2.37 bits per heavy atom. The van der Waals surface area contributed by atoms with E-state index in [0.717, 1.165) is 25.9 Å². The van der Waals surface area contributed by atoms with Crippen molar-refractivity contribution in [2.45, 2.75) is 19.4 Å². The molecule has 0 radical (unpaired) electrons. The van der Waals surface area contributed by atoms with E-state index >= 15 is 0 Å². The molecule has 1 aromatic carbocycles. The van der Waals surface area contributed by atoms with Crippen LogP contribution in [0.4, 0.5) is 4.39 Å². The van der Waals surface area contributed by atoms with Gasteiger partial charge in [-0.1, -0.05) is 18.3 Å². The molecule has 0 aliphatic carbocycles. The number of benzene rings is 1. The third kappa shape index (κ3) is 3.64. The summed E-state index contributed by atoms with van der Waals surface area (Å²) in [7, 11) is 1.53. The number of methoxy groups -OCH3 is 1. The maximum atomic E-state index is 13.9. The maximum absolute atomic E-state index is 13.9. The van der Waals surface area contributed by atoms with E-state index in [1.54, 1.807) is 12.1 Å². The highest BCUT2D eigenvalue weighted by Crippen LogP contribution is 2.22. The maximum Gasteiger partial charge on any atom is 0.131 e. The molecule has 2 N–H and O–H groups in total. The lowest BCUT2D eigenvalue weighted by Crippen LogP contribution is -2.40. The van der Waals surface area contributed by atoms with E-state index in [1.165, 1.54) is 13.2 Å². The summed E-state index contributed by atoms with van der Waals surface area (Å²) in [5.41, 5.74) is 6.39. The Kier molecular flexibility index (Phi) is 4.71. The molecule has 1 unspecified atom stereocenters. The van der Waals surface area contributed by atoms with E-state index in [0.29, 0.717) is 22.8 Å². The Morgan fingerprint density at radius 3 is 3.00 bits per heavy atom. The standard InChI is InChI=1S/C14H19FN2OS/c1-18-12-5-4-10(13(15)7-12)8-17-6-2-3-11(9-17)14(16)19/h4-5,7,11H,2-3,6,8-9H2,1H3,(H2,16,19). The Labute approximate surface area is 118 Å². The second-order valence-electron chi connectivity index (χ2n) is 4.93. The first-order valence-corrected chi connectivity index (χ1v) is 6.85. The highest BCUT2D eigenvalue weighted by Gasteiger charge is 2.22. The van der Waals surface area contributed by atoms with Crippen molar-refractivity contribution in [2.24, 2.45) is 11.7 Å². The van der Waals surface area contributed by atoms with Gasteiger partial charge < -0.3 is 10.5 Å². The largest absolute Gasteiger partial charge is 0.497 e. The van der Waals surface area contributed by atoms with Gasteiger partial charge in [0.05, 0.1) is 12.1 Å². The highest BCUT2D eigenvalue weighted by molar-refractivity contribution is 7.80. The van der Waals surface area contributed by atoms with Crippen LogP contribution in [0.25, 0.3) is 0 Å². The van der Waals surface area contributed by atoms with Crippen LogP contribution in [0.5, 0.6) is 5.75 Å². The number of halogens is 1. The topological polar surface area (TPSA) is 38.5 Å². The number of nitrogens with two attached hydrogens (primary N) is 1. The number of thiocarbonyl (C=S) groups is 1. The summed E-state index contributed by atoms with van der Waals surface area (Å²) >= 11 is 5.05. The van der Waals surface area contributed by atoms with Crippen LogP contribution < -0.4 is 10.5 Å². The van der Waals surface area contributed by atoms with Crippen molar-refractivity contribution in [1.29, 1.82) is 0 Å². The molecule has 1 saturated heterocycles. The molecule has 0 aromatic heterocycles. The summed E-state index contributed by atoms with van der Waals surface area (Å²) in [6.45, 7) is 2.38. The number of likely N-dealkylation sites (tertiary alicyclic amines) is 1. The van der Waals surface area contributed by atoms with Crippen LogP contribution >= 0.6 is 12.2 Å². The number of hydrogen-bond donors (Lipinski definition) is 1. The fourth-order valence-corrected chi connectivity index (χ4v) is 2.65. The molecule has 1 heterocycles. The average Bonchev–Trinajstić information content (AvgIpc) is 2.41. The number of nitrogens with zero attached hydrogens (tertiary/aromatic N) is 1. The zero-order chi connectivity index (χ0) is 13.8. The van der Waals surface area contributed by atoms with Crippen molar-refractivity contribution in [3.63, 3.8) is 0 Å². The Balaban J connectivity index is 2.02. The monoisotopic (exact) mass is 282 g/mol. The van der Waals surface area contributed by atoms with Crippen molar-refractivity contribution >= 4 is 17.2 Å². The molecule has 1 aromatic rings. The van der Waals surface area contributed by atoms with Gasteiger partial charge in [0.2, 0.25) is 0 Å². The van der Waals surface area contributed by atoms with Gasteiger partial charge in [-0.15, -0.1) is 0 Å². The first kappa shape index (κ1) is 14.2. The van der Waals surface area contributed by atoms with Gasteiger partial charge in [0.1, 0.15) is 11.6 Å². The lowest BCUT2D eigenvalue weighted by molar-refractivity contribution is 0.195. The molecule has 1 atom stereocenters. The number of piperidine rings is 1. The van der Waals surface area contributed by atoms with Crippen molar-refractivity contribution in [2.75, 3.05) is 20.2 Å². The van der Waals surface area contributed by atoms with Crippen molar-refractivity contribution < 1.29 is 9.13 Å². The van der Waals surface area contributed by atoms with Gasteiger partial charge in [-0.3, -0.25) is 4.90 Å². The molecule has 3 nitrogen and oxygen atoms in total. The minimum Gasteiger partial charge on any atom is -0.497 e. The fourth-order valence-electron chi connectivity index (χ4n) is 2.46. The van der Waals surface area contributed by atoms with Crippen molar-refractivity contribution in [3.05, 3.63) is 29.6 Å². The van der Waals surface area contributed by atoms with Crippen LogP contribution in [0.3, 0.4) is 0 Å². The number of hydrogen-bond acceptors (Lipinski definition) is 3. The molecule has 19 heavy (non-hydrogen) atoms. The lowest BCUT2D eigenvalue weighted by Gasteiger charge is -2.32. The minimum absolute atomic E-state index is 0.225. The number of ether oxygens (including phenoxy) is 1. The molecule has 0 bridgehead atoms. The Morgan fingerprint density at radius 1 is 1.58 bits per heavy atom. The smallest absolute Gasteiger partial charge is 0.131 e. The summed E-state index contributed by atoms with van der Waals surface area (Å²) in [6, 6.07) is 4.98. The molecule has 104 valence electrons. The molecular formula is C14H19FN2OS. The molecule has 0 amide bonds. The highest BCUT2D eigenvalue weighted by atomic mass is 32.1. The lowest BCUT2D eigenvalue weighted by atomic mass is 9.97. The van der Waals surface area contributed by atoms with Gasteiger partial charge in [-0.2, -0.15) is 0 Å². The van der Waals surface area contributed by atoms with Crippen LogP contribution in [0.15, 0.2) is 18.2 Å². The summed E-state index contributed by atoms with van der Waals surface area (Å²) < 4.78 is 18.9. The van der Waals surface area contributed by atoms with Crippen LogP contribution in [0, 0.1) is 11.7 Å². The fraction of sp³-hybridized carbons (Fsp3) is 0.500.